The molecule has 0 aliphatic carbocycles. The van der Waals surface area contributed by atoms with Gasteiger partial charge in [0.05, 0.1) is 18.6 Å². The second-order valence-electron chi connectivity index (χ2n) is 9.39. The van der Waals surface area contributed by atoms with Gasteiger partial charge >= 0.3 is 0 Å². The molecule has 0 spiro atoms. The normalized spacial score (nSPS) is 17.3. The van der Waals surface area contributed by atoms with E-state index in [1.54, 1.807) is 12.0 Å². The van der Waals surface area contributed by atoms with Gasteiger partial charge in [0.2, 0.25) is 5.91 Å². The molecule has 184 valence electrons. The van der Waals surface area contributed by atoms with Gasteiger partial charge in [0.1, 0.15) is 0 Å². The minimum atomic E-state index is -0.546. The number of hydrogen-bond donors (Lipinski definition) is 0. The minimum Gasteiger partial charge on any atom is -0.383 e. The van der Waals surface area contributed by atoms with Crippen molar-refractivity contribution in [3.63, 3.8) is 0 Å². The quantitative estimate of drug-likeness (QED) is 0.382. The highest BCUT2D eigenvalue weighted by molar-refractivity contribution is 6.02. The second kappa shape index (κ2) is 9.99. The molecule has 1 aliphatic heterocycles. The number of carbonyl (C=O) groups is 2. The van der Waals surface area contributed by atoms with Crippen molar-refractivity contribution in [1.29, 1.82) is 0 Å². The molecular weight excluding hydrogens is 450 g/mol. The monoisotopic (exact) mass is 481 g/mol. The predicted molar refractivity (Wildman–Crippen MR) is 141 cm³/mol. The van der Waals surface area contributed by atoms with Crippen LogP contribution >= 0.6 is 0 Å². The zero-order valence-corrected chi connectivity index (χ0v) is 20.9. The lowest BCUT2D eigenvalue weighted by Crippen LogP contribution is -2.48. The van der Waals surface area contributed by atoms with Crippen LogP contribution in [0, 0.1) is 0 Å². The fourth-order valence-corrected chi connectivity index (χ4v) is 5.42. The van der Waals surface area contributed by atoms with Gasteiger partial charge in [0.25, 0.3) is 5.91 Å². The number of benzene rings is 3. The lowest BCUT2D eigenvalue weighted by Gasteiger charge is -2.42. The Balaban J connectivity index is 1.67. The predicted octanol–water partition coefficient (Wildman–Crippen LogP) is 4.76. The van der Waals surface area contributed by atoms with Gasteiger partial charge in [-0.15, -0.1) is 0 Å². The molecule has 2 heterocycles. The van der Waals surface area contributed by atoms with Gasteiger partial charge in [0.15, 0.2) is 0 Å². The van der Waals surface area contributed by atoms with Crippen molar-refractivity contribution in [2.45, 2.75) is 18.5 Å². The summed E-state index contributed by atoms with van der Waals surface area (Å²) in [5, 5.41) is 1.04. The number of carbonyl (C=O) groups excluding carboxylic acids is 2. The summed E-state index contributed by atoms with van der Waals surface area (Å²) in [5.74, 6) is -0.634. The number of para-hydroxylation sites is 1. The molecule has 4 aromatic rings. The van der Waals surface area contributed by atoms with Gasteiger partial charge in [-0.05, 0) is 23.3 Å². The number of aromatic nitrogens is 1. The maximum absolute atomic E-state index is 14.3. The highest BCUT2D eigenvalue weighted by Gasteiger charge is 2.45. The first kappa shape index (κ1) is 23.8. The number of aryl methyl sites for hydroxylation is 1. The zero-order valence-electron chi connectivity index (χ0n) is 20.9. The van der Waals surface area contributed by atoms with Crippen LogP contribution in [0.4, 0.5) is 0 Å². The Morgan fingerprint density at radius 3 is 2.42 bits per heavy atom. The van der Waals surface area contributed by atoms with Gasteiger partial charge in [-0.1, -0.05) is 66.7 Å². The largest absolute Gasteiger partial charge is 0.383 e. The van der Waals surface area contributed by atoms with Crippen molar-refractivity contribution >= 4 is 22.7 Å². The highest BCUT2D eigenvalue weighted by Crippen LogP contribution is 2.45. The Morgan fingerprint density at radius 2 is 1.64 bits per heavy atom. The fourth-order valence-electron chi connectivity index (χ4n) is 5.42. The van der Waals surface area contributed by atoms with Crippen molar-refractivity contribution in [3.8, 4) is 0 Å². The molecule has 0 saturated heterocycles. The maximum atomic E-state index is 14.3. The Labute approximate surface area is 211 Å². The van der Waals surface area contributed by atoms with E-state index in [4.69, 9.17) is 4.74 Å². The van der Waals surface area contributed by atoms with E-state index in [-0.39, 0.29) is 11.8 Å². The first-order chi connectivity index (χ1) is 17.5. The molecule has 5 rings (SSSR count). The fraction of sp³-hybridized carbons (Fsp3) is 0.267. The summed E-state index contributed by atoms with van der Waals surface area (Å²) in [6.07, 6.45) is 2.06. The summed E-state index contributed by atoms with van der Waals surface area (Å²) in [6.45, 7) is 1.27. The SMILES string of the molecule is COCCN1C(=O)c2ccccc2C(C(=O)N(C)Cc2ccccc2)C1c1cn(C)c2ccccc12. The molecule has 2 unspecified atom stereocenters. The Hall–Kier alpha value is -3.90. The van der Waals surface area contributed by atoms with Crippen molar-refractivity contribution < 1.29 is 14.3 Å². The molecule has 2 atom stereocenters. The molecule has 0 radical (unpaired) electrons. The van der Waals surface area contributed by atoms with Crippen LogP contribution in [0.5, 0.6) is 0 Å². The van der Waals surface area contributed by atoms with E-state index in [0.29, 0.717) is 25.3 Å². The van der Waals surface area contributed by atoms with Crippen LogP contribution in [0.1, 0.15) is 39.0 Å². The third-order valence-corrected chi connectivity index (χ3v) is 7.13. The number of amides is 2. The van der Waals surface area contributed by atoms with Crippen LogP contribution < -0.4 is 0 Å². The number of nitrogens with zero attached hydrogens (tertiary/aromatic N) is 3. The van der Waals surface area contributed by atoms with E-state index in [1.165, 1.54) is 0 Å². The summed E-state index contributed by atoms with van der Waals surface area (Å²) in [6, 6.07) is 25.2. The smallest absolute Gasteiger partial charge is 0.254 e. The van der Waals surface area contributed by atoms with Crippen molar-refractivity contribution in [3.05, 3.63) is 107 Å². The van der Waals surface area contributed by atoms with Crippen LogP contribution in [0.3, 0.4) is 0 Å². The molecule has 1 aromatic heterocycles. The molecule has 6 heteroatoms. The summed E-state index contributed by atoms with van der Waals surface area (Å²) in [5.41, 5.74) is 4.45. The van der Waals surface area contributed by atoms with E-state index in [0.717, 1.165) is 27.6 Å². The van der Waals surface area contributed by atoms with Crippen LogP contribution in [0.2, 0.25) is 0 Å². The third-order valence-electron chi connectivity index (χ3n) is 7.13. The number of rotatable bonds is 7. The van der Waals surface area contributed by atoms with Crippen molar-refractivity contribution in [2.24, 2.45) is 7.05 Å². The van der Waals surface area contributed by atoms with Gasteiger partial charge in [0, 0.05) is 62.5 Å². The number of methoxy groups -OCH3 is 1. The van der Waals surface area contributed by atoms with Crippen molar-refractivity contribution in [2.75, 3.05) is 27.3 Å². The molecule has 0 saturated carbocycles. The molecule has 0 fully saturated rings. The first-order valence-corrected chi connectivity index (χ1v) is 12.2. The zero-order chi connectivity index (χ0) is 25.2. The molecule has 1 aliphatic rings. The van der Waals surface area contributed by atoms with Crippen LogP contribution in [-0.4, -0.2) is 53.5 Å². The molecular formula is C30H31N3O3. The molecule has 36 heavy (non-hydrogen) atoms. The van der Waals surface area contributed by atoms with E-state index >= 15 is 0 Å². The summed E-state index contributed by atoms with van der Waals surface area (Å²) < 4.78 is 7.45. The average Bonchev–Trinajstić information content (AvgIpc) is 3.24. The van der Waals surface area contributed by atoms with E-state index in [2.05, 4.69) is 22.9 Å². The van der Waals surface area contributed by atoms with Gasteiger partial charge < -0.3 is 19.1 Å². The van der Waals surface area contributed by atoms with Gasteiger partial charge in [-0.2, -0.15) is 0 Å². The molecule has 0 N–H and O–H groups in total. The van der Waals surface area contributed by atoms with Gasteiger partial charge in [-0.3, -0.25) is 9.59 Å². The lowest BCUT2D eigenvalue weighted by molar-refractivity contribution is -0.134. The van der Waals surface area contributed by atoms with Crippen molar-refractivity contribution in [1.82, 2.24) is 14.4 Å². The van der Waals surface area contributed by atoms with Gasteiger partial charge in [-0.25, -0.2) is 0 Å². The molecule has 3 aromatic carbocycles. The topological polar surface area (TPSA) is 54.8 Å². The molecule has 6 nitrogen and oxygen atoms in total. The Morgan fingerprint density at radius 1 is 0.944 bits per heavy atom. The summed E-state index contributed by atoms with van der Waals surface area (Å²) >= 11 is 0. The summed E-state index contributed by atoms with van der Waals surface area (Å²) in [4.78, 5) is 31.7. The number of fused-ring (bicyclic) bond motifs is 2. The molecule has 2 amide bonds. The van der Waals surface area contributed by atoms with Crippen LogP contribution in [0.25, 0.3) is 10.9 Å². The number of ether oxygens (including phenoxy) is 1. The van der Waals surface area contributed by atoms with E-state index in [9.17, 15) is 9.59 Å². The standard InChI is InChI=1S/C30H31N3O3/c1-31-20-25(22-13-9-10-16-26(22)31)28-27(30(35)32(2)19-21-11-5-4-6-12-21)23-14-7-8-15-24(23)29(34)33(28)17-18-36-3/h4-16,20,27-28H,17-19H2,1-3H3. The minimum absolute atomic E-state index is 0.0147. The van der Waals surface area contributed by atoms with Crippen LogP contribution in [0.15, 0.2) is 85.1 Å². The van der Waals surface area contributed by atoms with E-state index in [1.807, 2.05) is 85.7 Å². The number of hydrogen-bond acceptors (Lipinski definition) is 3. The maximum Gasteiger partial charge on any atom is 0.254 e. The first-order valence-electron chi connectivity index (χ1n) is 12.2. The Kier molecular flexibility index (Phi) is 6.61. The van der Waals surface area contributed by atoms with E-state index < -0.39 is 12.0 Å². The number of likely N-dealkylation sites (N-methyl/N-ethyl adjacent to an activating group) is 1. The summed E-state index contributed by atoms with van der Waals surface area (Å²) in [7, 11) is 5.47. The Bertz CT molecular complexity index is 1400. The molecule has 0 bridgehead atoms. The average molecular weight is 482 g/mol. The van der Waals surface area contributed by atoms with Crippen LogP contribution in [-0.2, 0) is 23.1 Å². The second-order valence-corrected chi connectivity index (χ2v) is 9.39. The highest BCUT2D eigenvalue weighted by atomic mass is 16.5. The lowest BCUT2D eigenvalue weighted by atomic mass is 9.78. The third kappa shape index (κ3) is 4.18.